The summed E-state index contributed by atoms with van der Waals surface area (Å²) < 4.78 is 15.8. The third kappa shape index (κ3) is 2.75. The molecule has 0 unspecified atom stereocenters. The maximum Gasteiger partial charge on any atom is 0.283 e. The van der Waals surface area contributed by atoms with Crippen molar-refractivity contribution in [3.8, 4) is 11.6 Å². The first-order valence-corrected chi connectivity index (χ1v) is 8.31. The number of benzene rings is 1. The molecule has 3 heterocycles. The fraction of sp³-hybridized carbons (Fsp3) is 0.158. The smallest absolute Gasteiger partial charge is 0.283 e. The van der Waals surface area contributed by atoms with Crippen molar-refractivity contribution in [1.29, 1.82) is 0 Å². The molecule has 0 aliphatic carbocycles. The highest BCUT2D eigenvalue weighted by Crippen LogP contribution is 2.16. The summed E-state index contributed by atoms with van der Waals surface area (Å²) in [4.78, 5) is 34.2. The van der Waals surface area contributed by atoms with Gasteiger partial charge in [-0.2, -0.15) is 4.68 Å². The Bertz CT molecular complexity index is 1280. The van der Waals surface area contributed by atoms with Crippen LogP contribution in [0.2, 0.25) is 0 Å². The van der Waals surface area contributed by atoms with Gasteiger partial charge in [-0.05, 0) is 51.1 Å². The van der Waals surface area contributed by atoms with Gasteiger partial charge in [0.1, 0.15) is 5.82 Å². The van der Waals surface area contributed by atoms with Crippen LogP contribution in [0.15, 0.2) is 46.0 Å². The second-order valence-corrected chi connectivity index (χ2v) is 6.37. The molecule has 136 valence electrons. The highest BCUT2D eigenvalue weighted by atomic mass is 19.1. The highest BCUT2D eigenvalue weighted by molar-refractivity contribution is 5.81. The number of hydrogen-bond donors (Lipinski definition) is 1. The molecule has 0 saturated carbocycles. The normalized spacial score (nSPS) is 11.3. The summed E-state index contributed by atoms with van der Waals surface area (Å²) in [5, 5.41) is 3.26. The van der Waals surface area contributed by atoms with Crippen LogP contribution in [-0.4, -0.2) is 24.3 Å². The number of H-pyrrole nitrogens is 1. The number of pyridine rings is 1. The topological polar surface area (TPSA) is 85.6 Å². The van der Waals surface area contributed by atoms with Gasteiger partial charge in [0.25, 0.3) is 17.1 Å². The van der Waals surface area contributed by atoms with Gasteiger partial charge in [0.2, 0.25) is 0 Å². The number of rotatable bonds is 2. The third-order valence-electron chi connectivity index (χ3n) is 4.36. The first kappa shape index (κ1) is 16.9. The zero-order valence-electron chi connectivity index (χ0n) is 14.9. The van der Waals surface area contributed by atoms with Gasteiger partial charge in [-0.15, -0.1) is 0 Å². The molecule has 4 aromatic rings. The van der Waals surface area contributed by atoms with E-state index in [1.54, 1.807) is 13.0 Å². The molecule has 0 aliphatic heterocycles. The van der Waals surface area contributed by atoms with E-state index in [0.29, 0.717) is 22.3 Å². The summed E-state index contributed by atoms with van der Waals surface area (Å²) in [7, 11) is 0. The monoisotopic (exact) mass is 365 g/mol. The van der Waals surface area contributed by atoms with Crippen LogP contribution in [0, 0.1) is 26.6 Å². The van der Waals surface area contributed by atoms with Crippen LogP contribution in [0.25, 0.3) is 22.5 Å². The average molecular weight is 365 g/mol. The molecular formula is C19H16FN5O2. The molecule has 0 fully saturated rings. The number of nitrogens with zero attached hydrogens (tertiary/aromatic N) is 4. The van der Waals surface area contributed by atoms with E-state index in [0.717, 1.165) is 11.4 Å². The van der Waals surface area contributed by atoms with Crippen molar-refractivity contribution in [2.24, 2.45) is 0 Å². The predicted octanol–water partition coefficient (Wildman–Crippen LogP) is 2.32. The van der Waals surface area contributed by atoms with Crippen molar-refractivity contribution < 1.29 is 4.39 Å². The largest absolute Gasteiger partial charge is 0.287 e. The van der Waals surface area contributed by atoms with Crippen molar-refractivity contribution in [3.63, 3.8) is 0 Å². The van der Waals surface area contributed by atoms with Crippen LogP contribution < -0.4 is 11.1 Å². The maximum absolute atomic E-state index is 13.2. The predicted molar refractivity (Wildman–Crippen MR) is 99.3 cm³/mol. The van der Waals surface area contributed by atoms with Crippen LogP contribution >= 0.6 is 0 Å². The molecule has 3 aromatic heterocycles. The number of nitrogens with one attached hydrogen (secondary N) is 1. The molecule has 0 spiro atoms. The van der Waals surface area contributed by atoms with E-state index in [2.05, 4.69) is 15.1 Å². The number of halogens is 1. The minimum Gasteiger partial charge on any atom is -0.287 e. The van der Waals surface area contributed by atoms with Crippen molar-refractivity contribution in [3.05, 3.63) is 80.0 Å². The van der Waals surface area contributed by atoms with Crippen LogP contribution in [0.3, 0.4) is 0 Å². The SMILES string of the molecule is Cc1cc(C)nc(-n2[nH]c3cc(=O)n(-c4ccc(F)cc4)c(C)c3c2=O)n1. The molecule has 0 atom stereocenters. The summed E-state index contributed by atoms with van der Waals surface area (Å²) in [5.41, 5.74) is 2.09. The van der Waals surface area contributed by atoms with Crippen LogP contribution in [0.4, 0.5) is 4.39 Å². The van der Waals surface area contributed by atoms with Gasteiger partial charge in [0.05, 0.1) is 10.9 Å². The van der Waals surface area contributed by atoms with Crippen LogP contribution in [0.5, 0.6) is 0 Å². The third-order valence-corrected chi connectivity index (χ3v) is 4.36. The number of fused-ring (bicyclic) bond motifs is 1. The van der Waals surface area contributed by atoms with Crippen molar-refractivity contribution >= 4 is 10.9 Å². The van der Waals surface area contributed by atoms with Crippen LogP contribution in [-0.2, 0) is 0 Å². The van der Waals surface area contributed by atoms with Gasteiger partial charge in [-0.1, -0.05) is 0 Å². The Morgan fingerprint density at radius 1 is 0.963 bits per heavy atom. The fourth-order valence-corrected chi connectivity index (χ4v) is 3.23. The van der Waals surface area contributed by atoms with E-state index in [1.807, 2.05) is 13.8 Å². The molecule has 8 heteroatoms. The van der Waals surface area contributed by atoms with E-state index < -0.39 is 5.82 Å². The van der Waals surface area contributed by atoms with Gasteiger partial charge in [0.15, 0.2) is 0 Å². The first-order chi connectivity index (χ1) is 12.8. The molecule has 1 N–H and O–H groups in total. The second kappa shape index (κ2) is 6.01. The van der Waals surface area contributed by atoms with Crippen molar-refractivity contribution in [1.82, 2.24) is 24.3 Å². The molecule has 7 nitrogen and oxygen atoms in total. The molecule has 0 bridgehead atoms. The first-order valence-electron chi connectivity index (χ1n) is 8.31. The van der Waals surface area contributed by atoms with E-state index in [1.165, 1.54) is 39.6 Å². The average Bonchev–Trinajstić information content (AvgIpc) is 2.92. The molecule has 27 heavy (non-hydrogen) atoms. The standard InChI is InChI=1S/C19H16FN5O2/c1-10-8-11(2)22-19(21-10)25-18(27)17-12(3)24(16(26)9-15(17)23-25)14-6-4-13(20)5-7-14/h4-9,23H,1-3H3. The molecular weight excluding hydrogens is 349 g/mol. The number of aryl methyl sites for hydroxylation is 3. The van der Waals surface area contributed by atoms with E-state index in [9.17, 15) is 14.0 Å². The summed E-state index contributed by atoms with van der Waals surface area (Å²) in [6.45, 7) is 5.31. The zero-order chi connectivity index (χ0) is 19.3. The Hall–Kier alpha value is -3.55. The summed E-state index contributed by atoms with van der Waals surface area (Å²) in [6.07, 6.45) is 0. The molecule has 0 radical (unpaired) electrons. The fourth-order valence-electron chi connectivity index (χ4n) is 3.23. The lowest BCUT2D eigenvalue weighted by molar-refractivity contribution is 0.627. The Kier molecular flexibility index (Phi) is 3.76. The van der Waals surface area contributed by atoms with E-state index >= 15 is 0 Å². The Morgan fingerprint density at radius 3 is 2.22 bits per heavy atom. The highest BCUT2D eigenvalue weighted by Gasteiger charge is 2.17. The molecule has 1 aromatic carbocycles. The lowest BCUT2D eigenvalue weighted by Crippen LogP contribution is -2.22. The lowest BCUT2D eigenvalue weighted by Gasteiger charge is -2.09. The summed E-state index contributed by atoms with van der Waals surface area (Å²) >= 11 is 0. The maximum atomic E-state index is 13.2. The van der Waals surface area contributed by atoms with Crippen LogP contribution in [0.1, 0.15) is 17.1 Å². The number of aromatic nitrogens is 5. The Labute approximate surface area is 152 Å². The quantitative estimate of drug-likeness (QED) is 0.591. The minimum absolute atomic E-state index is 0.217. The molecule has 0 amide bonds. The van der Waals surface area contributed by atoms with Gasteiger partial charge in [0, 0.05) is 28.8 Å². The van der Waals surface area contributed by atoms with Crippen molar-refractivity contribution in [2.75, 3.05) is 0 Å². The lowest BCUT2D eigenvalue weighted by atomic mass is 10.2. The Balaban J connectivity index is 2.01. The van der Waals surface area contributed by atoms with Crippen molar-refractivity contribution in [2.45, 2.75) is 20.8 Å². The van der Waals surface area contributed by atoms with E-state index in [-0.39, 0.29) is 17.1 Å². The number of hydrogen-bond acceptors (Lipinski definition) is 4. The number of aromatic amines is 1. The minimum atomic E-state index is -0.401. The van der Waals surface area contributed by atoms with Gasteiger partial charge in [-0.3, -0.25) is 19.3 Å². The Morgan fingerprint density at radius 2 is 1.59 bits per heavy atom. The molecule has 4 rings (SSSR count). The van der Waals surface area contributed by atoms with Gasteiger partial charge in [-0.25, -0.2) is 14.4 Å². The zero-order valence-corrected chi connectivity index (χ0v) is 14.9. The van der Waals surface area contributed by atoms with Gasteiger partial charge >= 0.3 is 0 Å². The molecule has 0 aliphatic rings. The second-order valence-electron chi connectivity index (χ2n) is 6.37. The summed E-state index contributed by atoms with van der Waals surface area (Å²) in [5.74, 6) is -0.185. The summed E-state index contributed by atoms with van der Waals surface area (Å²) in [6, 6.07) is 8.67. The van der Waals surface area contributed by atoms with E-state index in [4.69, 9.17) is 0 Å². The molecule has 0 saturated heterocycles. The van der Waals surface area contributed by atoms with Gasteiger partial charge < -0.3 is 0 Å².